The van der Waals surface area contributed by atoms with Crippen LogP contribution in [0.25, 0.3) is 16.3 Å². The predicted octanol–water partition coefficient (Wildman–Crippen LogP) is 2.85. The van der Waals surface area contributed by atoms with Gasteiger partial charge in [0.05, 0.1) is 20.5 Å². The Balaban J connectivity index is 1.95. The first kappa shape index (κ1) is 10.8. The average molecular weight is 262 g/mol. The van der Waals surface area contributed by atoms with Crippen LogP contribution >= 0.6 is 23.1 Å². The number of benzene rings is 1. The normalized spacial score (nSPS) is 22.3. The summed E-state index contributed by atoms with van der Waals surface area (Å²) in [6.45, 7) is 1.90. The van der Waals surface area contributed by atoms with E-state index in [0.29, 0.717) is 0 Å². The lowest BCUT2D eigenvalue weighted by molar-refractivity contribution is -0.118. The number of aromatic nitrogens is 1. The van der Waals surface area contributed by atoms with E-state index in [0.717, 1.165) is 15.6 Å². The first-order valence-electron chi connectivity index (χ1n) is 5.27. The third-order valence-corrected chi connectivity index (χ3v) is 4.51. The molecule has 1 aromatic heterocycles. The molecule has 2 aromatic rings. The fourth-order valence-corrected chi connectivity index (χ4v) is 3.50. The van der Waals surface area contributed by atoms with E-state index in [1.54, 1.807) is 23.1 Å². The summed E-state index contributed by atoms with van der Waals surface area (Å²) in [5, 5.41) is 4.67. The quantitative estimate of drug-likeness (QED) is 0.859. The van der Waals surface area contributed by atoms with E-state index in [1.165, 1.54) is 4.70 Å². The van der Waals surface area contributed by atoms with Gasteiger partial charge in [0.25, 0.3) is 0 Å². The van der Waals surface area contributed by atoms with Crippen molar-refractivity contribution in [3.8, 4) is 0 Å². The van der Waals surface area contributed by atoms with Gasteiger partial charge in [-0.05, 0) is 19.1 Å². The topological polar surface area (TPSA) is 42.0 Å². The zero-order chi connectivity index (χ0) is 11.8. The molecule has 86 valence electrons. The van der Waals surface area contributed by atoms with Gasteiger partial charge in [0.2, 0.25) is 5.91 Å². The number of rotatable bonds is 1. The third-order valence-electron chi connectivity index (χ3n) is 2.48. The molecule has 1 atom stereocenters. The molecule has 1 saturated heterocycles. The average Bonchev–Trinajstić information content (AvgIpc) is 2.83. The van der Waals surface area contributed by atoms with Crippen LogP contribution in [-0.4, -0.2) is 16.1 Å². The van der Waals surface area contributed by atoms with Gasteiger partial charge >= 0.3 is 0 Å². The summed E-state index contributed by atoms with van der Waals surface area (Å²) in [6.07, 6.45) is 1.94. The van der Waals surface area contributed by atoms with E-state index in [1.807, 2.05) is 31.2 Å². The second-order valence-corrected chi connectivity index (χ2v) is 6.22. The number of nitrogens with one attached hydrogen (secondary N) is 1. The number of thioether (sulfide) groups is 1. The summed E-state index contributed by atoms with van der Waals surface area (Å²) in [4.78, 5) is 15.9. The van der Waals surface area contributed by atoms with Gasteiger partial charge in [-0.15, -0.1) is 11.3 Å². The van der Waals surface area contributed by atoms with Crippen molar-refractivity contribution in [2.75, 3.05) is 0 Å². The number of amides is 1. The molecule has 0 bridgehead atoms. The van der Waals surface area contributed by atoms with Crippen LogP contribution < -0.4 is 5.32 Å². The van der Waals surface area contributed by atoms with Crippen LogP contribution in [0.5, 0.6) is 0 Å². The van der Waals surface area contributed by atoms with Gasteiger partial charge in [0.1, 0.15) is 5.01 Å². The smallest absolute Gasteiger partial charge is 0.238 e. The fourth-order valence-electron chi connectivity index (χ4n) is 1.63. The Bertz CT molecular complexity index is 585. The summed E-state index contributed by atoms with van der Waals surface area (Å²) >= 11 is 3.18. The SMILES string of the molecule is C[C@@H]1S/C(=C/c2nc3ccccc3s2)NC1=O. The third kappa shape index (κ3) is 2.08. The number of hydrogen-bond acceptors (Lipinski definition) is 4. The number of nitrogens with zero attached hydrogens (tertiary/aromatic N) is 1. The first-order chi connectivity index (χ1) is 8.22. The standard InChI is InChI=1S/C12H10N2OS2/c1-7-12(15)14-11(16-7)6-10-13-8-4-2-3-5-9(8)17-10/h2-7H,1H3,(H,14,15)/b11-6+/t7-/m0/s1. The van der Waals surface area contributed by atoms with E-state index in [9.17, 15) is 4.79 Å². The molecule has 0 unspecified atom stereocenters. The van der Waals surface area contributed by atoms with Crippen LogP contribution in [0.1, 0.15) is 11.9 Å². The molecule has 1 aliphatic heterocycles. The maximum atomic E-state index is 11.4. The van der Waals surface area contributed by atoms with Crippen molar-refractivity contribution in [3.63, 3.8) is 0 Å². The highest BCUT2D eigenvalue weighted by molar-refractivity contribution is 8.04. The van der Waals surface area contributed by atoms with Crippen molar-refractivity contribution in [1.29, 1.82) is 0 Å². The lowest BCUT2D eigenvalue weighted by Crippen LogP contribution is -2.19. The Morgan fingerprint density at radius 1 is 1.41 bits per heavy atom. The summed E-state index contributed by atoms with van der Waals surface area (Å²) in [6, 6.07) is 8.04. The van der Waals surface area contributed by atoms with E-state index in [2.05, 4.69) is 16.4 Å². The number of fused-ring (bicyclic) bond motifs is 1. The van der Waals surface area contributed by atoms with E-state index in [4.69, 9.17) is 0 Å². The second kappa shape index (κ2) is 4.16. The number of carbonyl (C=O) groups excluding carboxylic acids is 1. The van der Waals surface area contributed by atoms with E-state index >= 15 is 0 Å². The molecule has 3 rings (SSSR count). The van der Waals surface area contributed by atoms with Gasteiger partial charge in [-0.25, -0.2) is 4.98 Å². The Morgan fingerprint density at radius 2 is 2.24 bits per heavy atom. The summed E-state index contributed by atoms with van der Waals surface area (Å²) < 4.78 is 1.17. The fraction of sp³-hybridized carbons (Fsp3) is 0.167. The molecule has 17 heavy (non-hydrogen) atoms. The molecule has 0 spiro atoms. The summed E-state index contributed by atoms with van der Waals surface area (Å²) in [5.41, 5.74) is 1.01. The molecule has 1 aromatic carbocycles. The highest BCUT2D eigenvalue weighted by Gasteiger charge is 2.24. The molecule has 0 radical (unpaired) electrons. The second-order valence-electron chi connectivity index (χ2n) is 3.78. The molecule has 2 heterocycles. The van der Waals surface area contributed by atoms with Gasteiger partial charge in [-0.1, -0.05) is 23.9 Å². The van der Waals surface area contributed by atoms with Gasteiger partial charge in [-0.3, -0.25) is 4.79 Å². The molecule has 1 amide bonds. The summed E-state index contributed by atoms with van der Waals surface area (Å²) in [5.74, 6) is 0.0716. The molecular weight excluding hydrogens is 252 g/mol. The monoisotopic (exact) mass is 262 g/mol. The van der Waals surface area contributed by atoms with Crippen LogP contribution in [0.2, 0.25) is 0 Å². The van der Waals surface area contributed by atoms with Crippen molar-refractivity contribution in [1.82, 2.24) is 10.3 Å². The minimum atomic E-state index is -0.00405. The predicted molar refractivity (Wildman–Crippen MR) is 72.8 cm³/mol. The molecule has 1 fully saturated rings. The van der Waals surface area contributed by atoms with Crippen LogP contribution in [0.3, 0.4) is 0 Å². The Morgan fingerprint density at radius 3 is 2.94 bits per heavy atom. The van der Waals surface area contributed by atoms with Crippen LogP contribution in [0, 0.1) is 0 Å². The van der Waals surface area contributed by atoms with Gasteiger partial charge in [-0.2, -0.15) is 0 Å². The molecule has 3 nitrogen and oxygen atoms in total. The molecule has 1 N–H and O–H groups in total. The largest absolute Gasteiger partial charge is 0.320 e. The number of hydrogen-bond donors (Lipinski definition) is 1. The molecule has 1 aliphatic rings. The van der Waals surface area contributed by atoms with Crippen molar-refractivity contribution in [2.24, 2.45) is 0 Å². The number of para-hydroxylation sites is 1. The highest BCUT2D eigenvalue weighted by Crippen LogP contribution is 2.30. The lowest BCUT2D eigenvalue weighted by Gasteiger charge is -1.92. The van der Waals surface area contributed by atoms with Gasteiger partial charge in [0.15, 0.2) is 0 Å². The maximum Gasteiger partial charge on any atom is 0.238 e. The highest BCUT2D eigenvalue weighted by atomic mass is 32.2. The van der Waals surface area contributed by atoms with Gasteiger partial charge in [0, 0.05) is 6.08 Å². The van der Waals surface area contributed by atoms with E-state index in [-0.39, 0.29) is 11.2 Å². The number of carbonyl (C=O) groups is 1. The first-order valence-corrected chi connectivity index (χ1v) is 6.97. The molecule has 5 heteroatoms. The van der Waals surface area contributed by atoms with Crippen molar-refractivity contribution >= 4 is 45.3 Å². The Hall–Kier alpha value is -1.33. The van der Waals surface area contributed by atoms with Crippen molar-refractivity contribution in [3.05, 3.63) is 34.3 Å². The minimum absolute atomic E-state index is 0.00405. The number of thiazole rings is 1. The van der Waals surface area contributed by atoms with E-state index < -0.39 is 0 Å². The lowest BCUT2D eigenvalue weighted by atomic mass is 10.3. The van der Waals surface area contributed by atoms with Crippen LogP contribution in [-0.2, 0) is 4.79 Å². The zero-order valence-electron chi connectivity index (χ0n) is 9.14. The Labute approximate surface area is 107 Å². The molecular formula is C12H10N2OS2. The van der Waals surface area contributed by atoms with Crippen molar-refractivity contribution in [2.45, 2.75) is 12.2 Å². The summed E-state index contributed by atoms with van der Waals surface area (Å²) in [7, 11) is 0. The van der Waals surface area contributed by atoms with Gasteiger partial charge < -0.3 is 5.32 Å². The minimum Gasteiger partial charge on any atom is -0.320 e. The Kier molecular flexibility index (Phi) is 2.64. The van der Waals surface area contributed by atoms with Crippen molar-refractivity contribution < 1.29 is 4.79 Å². The van der Waals surface area contributed by atoms with Crippen LogP contribution in [0.4, 0.5) is 0 Å². The molecule has 0 saturated carbocycles. The maximum absolute atomic E-state index is 11.4. The zero-order valence-corrected chi connectivity index (χ0v) is 10.8. The van der Waals surface area contributed by atoms with Crippen LogP contribution in [0.15, 0.2) is 29.3 Å². The molecule has 0 aliphatic carbocycles.